The van der Waals surface area contributed by atoms with Crippen LogP contribution < -0.4 is 10.6 Å². The van der Waals surface area contributed by atoms with Gasteiger partial charge in [0.2, 0.25) is 0 Å². The Hall–Kier alpha value is -0.930. The van der Waals surface area contributed by atoms with Gasteiger partial charge in [-0.15, -0.1) is 0 Å². The van der Waals surface area contributed by atoms with Gasteiger partial charge in [0.15, 0.2) is 0 Å². The van der Waals surface area contributed by atoms with Crippen molar-refractivity contribution in [2.75, 3.05) is 7.05 Å². The van der Waals surface area contributed by atoms with Gasteiger partial charge >= 0.3 is 0 Å². The normalized spacial score (nSPS) is 25.6. The number of hydrogen-bond acceptors (Lipinski definition) is 3. The molecule has 1 saturated carbocycles. The van der Waals surface area contributed by atoms with Gasteiger partial charge in [0.25, 0.3) is 0 Å². The topological polar surface area (TPSA) is 37.0 Å². The van der Waals surface area contributed by atoms with Crippen LogP contribution in [0.1, 0.15) is 31.2 Å². The van der Waals surface area contributed by atoms with Crippen molar-refractivity contribution in [2.45, 2.75) is 44.3 Å². The summed E-state index contributed by atoms with van der Waals surface area (Å²) in [5.41, 5.74) is 1.32. The number of nitrogens with one attached hydrogen (secondary N) is 2. The number of nitrogens with zero attached hydrogens (tertiary/aromatic N) is 1. The first-order chi connectivity index (χ1) is 7.90. The molecule has 0 amide bonds. The Bertz CT molecular complexity index is 299. The van der Waals surface area contributed by atoms with Gasteiger partial charge < -0.3 is 10.6 Å². The van der Waals surface area contributed by atoms with E-state index in [0.717, 1.165) is 6.54 Å². The highest BCUT2D eigenvalue weighted by atomic mass is 15.0. The Morgan fingerprint density at radius 1 is 1.19 bits per heavy atom. The Balaban J connectivity index is 1.84. The van der Waals surface area contributed by atoms with E-state index in [0.29, 0.717) is 12.1 Å². The fraction of sp³-hybridized carbons (Fsp3) is 0.615. The van der Waals surface area contributed by atoms with Crippen molar-refractivity contribution in [3.05, 3.63) is 30.1 Å². The zero-order valence-corrected chi connectivity index (χ0v) is 9.95. The molecule has 2 atom stereocenters. The summed E-state index contributed by atoms with van der Waals surface area (Å²) in [6, 6.07) is 5.40. The third-order valence-corrected chi connectivity index (χ3v) is 3.45. The molecule has 0 bridgehead atoms. The van der Waals surface area contributed by atoms with Crippen LogP contribution in [0.25, 0.3) is 0 Å². The fourth-order valence-electron chi connectivity index (χ4n) is 2.47. The van der Waals surface area contributed by atoms with E-state index < -0.39 is 0 Å². The van der Waals surface area contributed by atoms with Crippen LogP contribution in [0.2, 0.25) is 0 Å². The molecule has 1 aromatic heterocycles. The number of likely N-dealkylation sites (N-methyl/N-ethyl adjacent to an activating group) is 1. The van der Waals surface area contributed by atoms with Crippen molar-refractivity contribution in [1.29, 1.82) is 0 Å². The van der Waals surface area contributed by atoms with E-state index in [1.54, 1.807) is 0 Å². The average molecular weight is 219 g/mol. The lowest BCUT2D eigenvalue weighted by atomic mass is 9.90. The van der Waals surface area contributed by atoms with Crippen LogP contribution in [0, 0.1) is 0 Å². The van der Waals surface area contributed by atoms with E-state index in [-0.39, 0.29) is 0 Å². The maximum atomic E-state index is 4.03. The highest BCUT2D eigenvalue weighted by molar-refractivity contribution is 5.09. The Morgan fingerprint density at radius 3 is 2.56 bits per heavy atom. The van der Waals surface area contributed by atoms with E-state index in [1.807, 2.05) is 12.4 Å². The SMILES string of the molecule is CNC1CCCCC1NCc1ccncc1. The van der Waals surface area contributed by atoms with E-state index in [1.165, 1.54) is 31.2 Å². The second-order valence-electron chi connectivity index (χ2n) is 4.52. The third kappa shape index (κ3) is 3.03. The predicted molar refractivity (Wildman–Crippen MR) is 66.2 cm³/mol. The molecule has 1 heterocycles. The highest BCUT2D eigenvalue weighted by Crippen LogP contribution is 2.18. The first-order valence-corrected chi connectivity index (χ1v) is 6.19. The molecule has 1 aliphatic rings. The molecule has 3 nitrogen and oxygen atoms in total. The minimum atomic E-state index is 0.618. The molecule has 0 spiro atoms. The summed E-state index contributed by atoms with van der Waals surface area (Å²) in [5, 5.41) is 7.06. The Kier molecular flexibility index (Phi) is 4.31. The zero-order chi connectivity index (χ0) is 11.2. The molecule has 0 aliphatic heterocycles. The van der Waals surface area contributed by atoms with Crippen molar-refractivity contribution in [2.24, 2.45) is 0 Å². The summed E-state index contributed by atoms with van der Waals surface area (Å²) in [6.45, 7) is 0.950. The second kappa shape index (κ2) is 5.97. The van der Waals surface area contributed by atoms with Crippen molar-refractivity contribution in [1.82, 2.24) is 15.6 Å². The summed E-state index contributed by atoms with van der Waals surface area (Å²) >= 11 is 0. The van der Waals surface area contributed by atoms with E-state index in [4.69, 9.17) is 0 Å². The van der Waals surface area contributed by atoms with Gasteiger partial charge in [-0.25, -0.2) is 0 Å². The van der Waals surface area contributed by atoms with Crippen LogP contribution >= 0.6 is 0 Å². The lowest BCUT2D eigenvalue weighted by molar-refractivity contribution is 0.294. The van der Waals surface area contributed by atoms with Crippen molar-refractivity contribution < 1.29 is 0 Å². The van der Waals surface area contributed by atoms with E-state index >= 15 is 0 Å². The molecule has 2 unspecified atom stereocenters. The van der Waals surface area contributed by atoms with Gasteiger partial charge in [0.05, 0.1) is 0 Å². The number of hydrogen-bond donors (Lipinski definition) is 2. The van der Waals surface area contributed by atoms with Gasteiger partial charge in [-0.3, -0.25) is 4.98 Å². The van der Waals surface area contributed by atoms with Crippen molar-refractivity contribution >= 4 is 0 Å². The molecule has 0 radical (unpaired) electrons. The standard InChI is InChI=1S/C13H21N3/c1-14-12-4-2-3-5-13(12)16-10-11-6-8-15-9-7-11/h6-9,12-14,16H,2-5,10H2,1H3. The minimum absolute atomic E-state index is 0.618. The number of rotatable bonds is 4. The summed E-state index contributed by atoms with van der Waals surface area (Å²) in [6.07, 6.45) is 9.01. The third-order valence-electron chi connectivity index (χ3n) is 3.45. The molecule has 1 aliphatic carbocycles. The first-order valence-electron chi connectivity index (χ1n) is 6.19. The average Bonchev–Trinajstić information content (AvgIpc) is 2.38. The molecule has 1 aromatic rings. The number of aromatic nitrogens is 1. The lowest BCUT2D eigenvalue weighted by Gasteiger charge is -2.32. The van der Waals surface area contributed by atoms with Crippen molar-refractivity contribution in [3.63, 3.8) is 0 Å². The molecule has 3 heteroatoms. The number of pyridine rings is 1. The fourth-order valence-corrected chi connectivity index (χ4v) is 2.47. The highest BCUT2D eigenvalue weighted by Gasteiger charge is 2.22. The summed E-state index contributed by atoms with van der Waals surface area (Å²) in [7, 11) is 2.07. The molecule has 16 heavy (non-hydrogen) atoms. The summed E-state index contributed by atoms with van der Waals surface area (Å²) in [4.78, 5) is 4.03. The Labute approximate surface area is 97.7 Å². The Morgan fingerprint density at radius 2 is 1.88 bits per heavy atom. The molecule has 2 rings (SSSR count). The van der Waals surface area contributed by atoms with Crippen molar-refractivity contribution in [3.8, 4) is 0 Å². The quantitative estimate of drug-likeness (QED) is 0.809. The summed E-state index contributed by atoms with van der Waals surface area (Å²) < 4.78 is 0. The molecule has 0 saturated heterocycles. The first kappa shape index (κ1) is 11.6. The van der Waals surface area contributed by atoms with Gasteiger partial charge in [0, 0.05) is 31.0 Å². The monoisotopic (exact) mass is 219 g/mol. The molecular formula is C13H21N3. The maximum absolute atomic E-state index is 4.03. The molecule has 0 aromatic carbocycles. The van der Waals surface area contributed by atoms with Crippen LogP contribution in [-0.4, -0.2) is 24.1 Å². The van der Waals surface area contributed by atoms with Gasteiger partial charge in [-0.05, 0) is 37.6 Å². The summed E-state index contributed by atoms with van der Waals surface area (Å²) in [5.74, 6) is 0. The van der Waals surface area contributed by atoms with Gasteiger partial charge in [-0.2, -0.15) is 0 Å². The van der Waals surface area contributed by atoms with Crippen LogP contribution in [-0.2, 0) is 6.54 Å². The molecule has 1 fully saturated rings. The molecule has 88 valence electrons. The second-order valence-corrected chi connectivity index (χ2v) is 4.52. The minimum Gasteiger partial charge on any atom is -0.315 e. The lowest BCUT2D eigenvalue weighted by Crippen LogP contribution is -2.48. The van der Waals surface area contributed by atoms with Crippen LogP contribution in [0.5, 0.6) is 0 Å². The predicted octanol–water partition coefficient (Wildman–Crippen LogP) is 1.70. The van der Waals surface area contributed by atoms with Crippen LogP contribution in [0.15, 0.2) is 24.5 Å². The molecular weight excluding hydrogens is 198 g/mol. The smallest absolute Gasteiger partial charge is 0.0271 e. The van der Waals surface area contributed by atoms with Crippen LogP contribution in [0.3, 0.4) is 0 Å². The van der Waals surface area contributed by atoms with E-state index in [2.05, 4.69) is 34.8 Å². The van der Waals surface area contributed by atoms with E-state index in [9.17, 15) is 0 Å². The van der Waals surface area contributed by atoms with Gasteiger partial charge in [-0.1, -0.05) is 12.8 Å². The zero-order valence-electron chi connectivity index (χ0n) is 9.95. The molecule has 2 N–H and O–H groups in total. The largest absolute Gasteiger partial charge is 0.315 e. The van der Waals surface area contributed by atoms with Gasteiger partial charge in [0.1, 0.15) is 0 Å². The van der Waals surface area contributed by atoms with Crippen LogP contribution in [0.4, 0.5) is 0 Å². The maximum Gasteiger partial charge on any atom is 0.0271 e.